The Kier molecular flexibility index (Phi) is 4.35. The zero-order valence-corrected chi connectivity index (χ0v) is 13.8. The number of carbonyl (C=O) groups is 2. The Hall–Kier alpha value is -1.95. The number of benzene rings is 1. The van der Waals surface area contributed by atoms with Crippen LogP contribution >= 0.6 is 34.5 Å². The van der Waals surface area contributed by atoms with Crippen LogP contribution in [0.5, 0.6) is 0 Å². The molecule has 23 heavy (non-hydrogen) atoms. The molecule has 0 spiro atoms. The Labute approximate surface area is 144 Å². The fourth-order valence-electron chi connectivity index (χ4n) is 2.35. The Morgan fingerprint density at radius 1 is 1.13 bits per heavy atom. The molecule has 0 unspecified atom stereocenters. The highest BCUT2D eigenvalue weighted by atomic mass is 35.5. The molecule has 1 aromatic carbocycles. The molecule has 0 aliphatic heterocycles. The van der Waals surface area contributed by atoms with Gasteiger partial charge in [0.25, 0.3) is 0 Å². The van der Waals surface area contributed by atoms with Crippen molar-refractivity contribution in [2.45, 2.75) is 0 Å². The molecule has 3 rings (SSSR count). The van der Waals surface area contributed by atoms with Gasteiger partial charge in [0.1, 0.15) is 11.0 Å². The second-order valence-corrected chi connectivity index (χ2v) is 6.32. The Morgan fingerprint density at radius 2 is 1.91 bits per heavy atom. The van der Waals surface area contributed by atoms with Crippen LogP contribution < -0.4 is 0 Å². The third kappa shape index (κ3) is 2.61. The van der Waals surface area contributed by atoms with Gasteiger partial charge in [-0.05, 0) is 29.6 Å². The monoisotopic (exact) mass is 367 g/mol. The normalized spacial score (nSPS) is 10.7. The minimum Gasteiger partial charge on any atom is -0.298 e. The van der Waals surface area contributed by atoms with Crippen molar-refractivity contribution in [2.75, 3.05) is 0 Å². The van der Waals surface area contributed by atoms with E-state index in [0.29, 0.717) is 23.8 Å². The molecule has 0 bridgehead atoms. The molecule has 0 saturated carbocycles. The predicted octanol–water partition coefficient (Wildman–Crippen LogP) is 5.28. The molecule has 116 valence electrons. The lowest BCUT2D eigenvalue weighted by Crippen LogP contribution is -2.00. The molecule has 0 radical (unpaired) electrons. The predicted molar refractivity (Wildman–Crippen MR) is 89.8 cm³/mol. The van der Waals surface area contributed by atoms with Gasteiger partial charge in [0.2, 0.25) is 0 Å². The Balaban J connectivity index is 2.35. The van der Waals surface area contributed by atoms with Crippen LogP contribution in [0.3, 0.4) is 0 Å². The van der Waals surface area contributed by atoms with Gasteiger partial charge >= 0.3 is 0 Å². The van der Waals surface area contributed by atoms with E-state index in [4.69, 9.17) is 23.2 Å². The van der Waals surface area contributed by atoms with Gasteiger partial charge < -0.3 is 0 Å². The lowest BCUT2D eigenvalue weighted by Gasteiger charge is -2.08. The molecule has 0 atom stereocenters. The molecule has 0 aliphatic rings. The molecule has 3 nitrogen and oxygen atoms in total. The van der Waals surface area contributed by atoms with Crippen LogP contribution in [-0.4, -0.2) is 17.1 Å². The Bertz CT molecular complexity index is 903. The summed E-state index contributed by atoms with van der Waals surface area (Å²) in [7, 11) is 0. The summed E-state index contributed by atoms with van der Waals surface area (Å²) in [6.45, 7) is 0. The highest BCUT2D eigenvalue weighted by Gasteiger charge is 2.24. The minimum absolute atomic E-state index is 0.0770. The first-order valence-electron chi connectivity index (χ1n) is 6.42. The molecule has 3 aromatic rings. The summed E-state index contributed by atoms with van der Waals surface area (Å²) in [5.41, 5.74) is 1.27. The van der Waals surface area contributed by atoms with Crippen LogP contribution in [0.15, 0.2) is 35.7 Å². The molecule has 0 amide bonds. The first-order valence-corrected chi connectivity index (χ1v) is 8.06. The number of aromatic nitrogens is 1. The van der Waals surface area contributed by atoms with Crippen molar-refractivity contribution in [2.24, 2.45) is 0 Å². The summed E-state index contributed by atoms with van der Waals surface area (Å²) in [6.07, 6.45) is 1.22. The Morgan fingerprint density at radius 3 is 2.48 bits per heavy atom. The first kappa shape index (κ1) is 15.9. The van der Waals surface area contributed by atoms with E-state index < -0.39 is 5.82 Å². The van der Waals surface area contributed by atoms with Gasteiger partial charge in [-0.3, -0.25) is 14.2 Å². The molecule has 0 saturated heterocycles. The SMILES string of the molecule is O=Cc1c(-c2cccs2)c(C=O)n(-c2ccc(F)c(Cl)c2)c1Cl. The average Bonchev–Trinajstić information content (AvgIpc) is 3.15. The number of halogens is 3. The zero-order valence-electron chi connectivity index (χ0n) is 11.4. The molecule has 2 aromatic heterocycles. The number of aldehydes is 2. The topological polar surface area (TPSA) is 39.1 Å². The standard InChI is InChI=1S/C16H8Cl2FNO2S/c17-11-6-9(3-4-12(11)19)20-13(8-22)15(10(7-21)16(20)18)14-2-1-5-23-14/h1-8H. The number of carbonyl (C=O) groups excluding carboxylic acids is 2. The van der Waals surface area contributed by atoms with Crippen LogP contribution in [0.2, 0.25) is 10.2 Å². The van der Waals surface area contributed by atoms with Crippen molar-refractivity contribution >= 4 is 47.1 Å². The average molecular weight is 368 g/mol. The number of hydrogen-bond acceptors (Lipinski definition) is 3. The molecular formula is C16H8Cl2FNO2S. The molecule has 0 fully saturated rings. The highest BCUT2D eigenvalue weighted by Crippen LogP contribution is 2.38. The second kappa shape index (κ2) is 6.28. The quantitative estimate of drug-likeness (QED) is 0.588. The van der Waals surface area contributed by atoms with Gasteiger partial charge in [-0.25, -0.2) is 4.39 Å². The number of nitrogens with zero attached hydrogens (tertiary/aromatic N) is 1. The smallest absolute Gasteiger partial charge is 0.167 e. The van der Waals surface area contributed by atoms with E-state index in [9.17, 15) is 14.0 Å². The third-order valence-corrected chi connectivity index (χ3v) is 4.89. The maximum Gasteiger partial charge on any atom is 0.167 e. The van der Waals surface area contributed by atoms with Crippen molar-refractivity contribution < 1.29 is 14.0 Å². The van der Waals surface area contributed by atoms with E-state index in [2.05, 4.69) is 0 Å². The van der Waals surface area contributed by atoms with Crippen LogP contribution in [0.4, 0.5) is 4.39 Å². The lowest BCUT2D eigenvalue weighted by molar-refractivity contribution is 0.111. The van der Waals surface area contributed by atoms with E-state index in [1.54, 1.807) is 6.07 Å². The molecule has 2 heterocycles. The fraction of sp³-hybridized carbons (Fsp3) is 0. The van der Waals surface area contributed by atoms with Gasteiger partial charge in [-0.15, -0.1) is 11.3 Å². The van der Waals surface area contributed by atoms with Gasteiger partial charge in [0.15, 0.2) is 12.6 Å². The summed E-state index contributed by atoms with van der Waals surface area (Å²) < 4.78 is 14.8. The highest BCUT2D eigenvalue weighted by molar-refractivity contribution is 7.13. The van der Waals surface area contributed by atoms with Crippen LogP contribution in [-0.2, 0) is 0 Å². The van der Waals surface area contributed by atoms with Crippen LogP contribution in [0.1, 0.15) is 20.8 Å². The fourth-order valence-corrected chi connectivity index (χ4v) is 3.65. The van der Waals surface area contributed by atoms with E-state index >= 15 is 0 Å². The van der Waals surface area contributed by atoms with Crippen molar-refractivity contribution in [3.8, 4) is 16.1 Å². The summed E-state index contributed by atoms with van der Waals surface area (Å²) in [5, 5.41) is 1.81. The molecule has 0 aliphatic carbocycles. The summed E-state index contributed by atoms with van der Waals surface area (Å²) >= 11 is 13.5. The summed E-state index contributed by atoms with van der Waals surface area (Å²) in [6, 6.07) is 7.56. The largest absolute Gasteiger partial charge is 0.298 e. The first-order chi connectivity index (χ1) is 11.1. The minimum atomic E-state index is -0.583. The molecule has 7 heteroatoms. The van der Waals surface area contributed by atoms with Crippen molar-refractivity contribution in [1.82, 2.24) is 4.57 Å². The number of rotatable bonds is 4. The van der Waals surface area contributed by atoms with Crippen molar-refractivity contribution in [3.05, 3.63) is 63.0 Å². The number of thiophene rings is 1. The van der Waals surface area contributed by atoms with Crippen LogP contribution in [0, 0.1) is 5.82 Å². The summed E-state index contributed by atoms with van der Waals surface area (Å²) in [4.78, 5) is 23.9. The van der Waals surface area contributed by atoms with Crippen molar-refractivity contribution in [3.63, 3.8) is 0 Å². The maximum atomic E-state index is 13.4. The van der Waals surface area contributed by atoms with E-state index in [1.165, 1.54) is 34.1 Å². The second-order valence-electron chi connectivity index (χ2n) is 4.61. The van der Waals surface area contributed by atoms with Gasteiger partial charge in [-0.1, -0.05) is 29.3 Å². The van der Waals surface area contributed by atoms with Crippen molar-refractivity contribution in [1.29, 1.82) is 0 Å². The van der Waals surface area contributed by atoms with E-state index in [1.807, 2.05) is 11.4 Å². The third-order valence-electron chi connectivity index (χ3n) is 3.34. The number of hydrogen-bond donors (Lipinski definition) is 0. The van der Waals surface area contributed by atoms with E-state index in [-0.39, 0.29) is 21.4 Å². The maximum absolute atomic E-state index is 13.4. The van der Waals surface area contributed by atoms with Gasteiger partial charge in [0, 0.05) is 16.1 Å². The lowest BCUT2D eigenvalue weighted by atomic mass is 10.1. The summed E-state index contributed by atoms with van der Waals surface area (Å²) in [5.74, 6) is -0.583. The molecular weight excluding hydrogens is 360 g/mol. The van der Waals surface area contributed by atoms with Gasteiger partial charge in [-0.2, -0.15) is 0 Å². The molecule has 0 N–H and O–H groups in total. The van der Waals surface area contributed by atoms with Crippen LogP contribution in [0.25, 0.3) is 16.1 Å². The zero-order chi connectivity index (χ0) is 16.6. The van der Waals surface area contributed by atoms with E-state index in [0.717, 1.165) is 4.88 Å². The van der Waals surface area contributed by atoms with Gasteiger partial charge in [0.05, 0.1) is 16.3 Å².